The number of carbonyl (C=O) groups is 1. The second kappa shape index (κ2) is 9.32. The summed E-state index contributed by atoms with van der Waals surface area (Å²) in [5, 5.41) is 17.5. The summed E-state index contributed by atoms with van der Waals surface area (Å²) < 4.78 is 5.22. The Kier molecular flexibility index (Phi) is 6.83. The minimum atomic E-state index is -0.586. The molecule has 3 rings (SSSR count). The molecule has 1 aliphatic rings. The number of aliphatic hydroxyl groups is 1. The lowest BCUT2D eigenvalue weighted by molar-refractivity contribution is -0.124. The summed E-state index contributed by atoms with van der Waals surface area (Å²) in [6, 6.07) is 9.86. The van der Waals surface area contributed by atoms with E-state index in [9.17, 15) is 9.90 Å². The molecule has 0 radical (unpaired) electrons. The monoisotopic (exact) mass is 386 g/mol. The molecule has 1 aromatic carbocycles. The maximum absolute atomic E-state index is 12.4. The first kappa shape index (κ1) is 20.5. The van der Waals surface area contributed by atoms with Crippen LogP contribution in [0.15, 0.2) is 34.9 Å². The second-order valence-corrected chi connectivity index (χ2v) is 7.73. The van der Waals surface area contributed by atoms with Crippen LogP contribution in [0.2, 0.25) is 0 Å². The molecule has 2 N–H and O–H groups in total. The van der Waals surface area contributed by atoms with Crippen LogP contribution >= 0.6 is 0 Å². The maximum Gasteiger partial charge on any atom is 0.234 e. The predicted molar refractivity (Wildman–Crippen MR) is 107 cm³/mol. The zero-order valence-electron chi connectivity index (χ0n) is 16.9. The summed E-state index contributed by atoms with van der Waals surface area (Å²) in [4.78, 5) is 16.5. The van der Waals surface area contributed by atoms with Gasteiger partial charge in [0.25, 0.3) is 0 Å². The summed E-state index contributed by atoms with van der Waals surface area (Å²) in [6.07, 6.45) is 0.135. The van der Waals surface area contributed by atoms with Crippen LogP contribution in [0.5, 0.6) is 0 Å². The maximum atomic E-state index is 12.4. The van der Waals surface area contributed by atoms with Crippen molar-refractivity contribution in [3.05, 3.63) is 52.9 Å². The molecule has 1 saturated heterocycles. The SMILES string of the molecule is Cc1noc(C)c1CN1CCC(NC(=O)CN(C)Cc2ccccc2)C(O)C1. The number of nitrogens with one attached hydrogen (secondary N) is 1. The first-order valence-corrected chi connectivity index (χ1v) is 9.76. The van der Waals surface area contributed by atoms with E-state index in [4.69, 9.17) is 4.52 Å². The minimum Gasteiger partial charge on any atom is -0.390 e. The number of nitrogens with zero attached hydrogens (tertiary/aromatic N) is 3. The Morgan fingerprint density at radius 1 is 1.36 bits per heavy atom. The zero-order valence-corrected chi connectivity index (χ0v) is 16.9. The molecule has 7 nitrogen and oxygen atoms in total. The highest BCUT2D eigenvalue weighted by Crippen LogP contribution is 2.19. The molecular weight excluding hydrogens is 356 g/mol. The van der Waals surface area contributed by atoms with E-state index in [2.05, 4.69) is 15.4 Å². The molecule has 7 heteroatoms. The van der Waals surface area contributed by atoms with Crippen molar-refractivity contribution in [2.75, 3.05) is 26.7 Å². The molecule has 2 unspecified atom stereocenters. The van der Waals surface area contributed by atoms with E-state index in [0.29, 0.717) is 26.2 Å². The predicted octanol–water partition coefficient (Wildman–Crippen LogP) is 1.47. The molecular formula is C21H30N4O3. The lowest BCUT2D eigenvalue weighted by atomic mass is 10.0. The zero-order chi connectivity index (χ0) is 20.1. The van der Waals surface area contributed by atoms with Crippen molar-refractivity contribution in [2.24, 2.45) is 0 Å². The van der Waals surface area contributed by atoms with Crippen LogP contribution in [0.1, 0.15) is 29.0 Å². The van der Waals surface area contributed by atoms with Gasteiger partial charge in [0.2, 0.25) is 5.91 Å². The Morgan fingerprint density at radius 2 is 2.11 bits per heavy atom. The quantitative estimate of drug-likeness (QED) is 0.750. The first-order valence-electron chi connectivity index (χ1n) is 9.76. The number of benzene rings is 1. The lowest BCUT2D eigenvalue weighted by Gasteiger charge is -2.36. The Morgan fingerprint density at radius 3 is 2.75 bits per heavy atom. The molecule has 2 heterocycles. The topological polar surface area (TPSA) is 81.8 Å². The van der Waals surface area contributed by atoms with Crippen molar-refractivity contribution in [1.29, 1.82) is 0 Å². The van der Waals surface area contributed by atoms with Crippen molar-refractivity contribution < 1.29 is 14.4 Å². The smallest absolute Gasteiger partial charge is 0.234 e. The Labute approximate surface area is 166 Å². The average molecular weight is 386 g/mol. The highest BCUT2D eigenvalue weighted by Gasteiger charge is 2.29. The van der Waals surface area contributed by atoms with E-state index in [1.165, 1.54) is 5.56 Å². The van der Waals surface area contributed by atoms with Gasteiger partial charge in [0.05, 0.1) is 24.4 Å². The van der Waals surface area contributed by atoms with Crippen molar-refractivity contribution in [3.63, 3.8) is 0 Å². The van der Waals surface area contributed by atoms with Gasteiger partial charge in [-0.2, -0.15) is 0 Å². The highest BCUT2D eigenvalue weighted by molar-refractivity contribution is 5.78. The van der Waals surface area contributed by atoms with Gasteiger partial charge >= 0.3 is 0 Å². The first-order chi connectivity index (χ1) is 13.4. The summed E-state index contributed by atoms with van der Waals surface area (Å²) in [5.41, 5.74) is 3.14. The van der Waals surface area contributed by atoms with E-state index >= 15 is 0 Å². The number of amides is 1. The van der Waals surface area contributed by atoms with Gasteiger partial charge in [-0.1, -0.05) is 35.5 Å². The van der Waals surface area contributed by atoms with E-state index in [0.717, 1.165) is 30.0 Å². The molecule has 1 aromatic heterocycles. The van der Waals surface area contributed by atoms with Crippen LogP contribution < -0.4 is 5.32 Å². The number of β-amino-alcohol motifs (C(OH)–C–C–N with tert-alkyl or cyclic N) is 1. The van der Waals surface area contributed by atoms with Crippen LogP contribution in [-0.2, 0) is 17.9 Å². The number of carbonyl (C=O) groups excluding carboxylic acids is 1. The molecule has 1 aliphatic heterocycles. The number of hydrogen-bond acceptors (Lipinski definition) is 6. The lowest BCUT2D eigenvalue weighted by Crippen LogP contribution is -2.55. The molecule has 2 atom stereocenters. The Bertz CT molecular complexity index is 758. The fraction of sp³-hybridized carbons (Fsp3) is 0.524. The number of aryl methyl sites for hydroxylation is 2. The van der Waals surface area contributed by atoms with E-state index in [1.54, 1.807) is 0 Å². The molecule has 1 fully saturated rings. The van der Waals surface area contributed by atoms with Gasteiger partial charge < -0.3 is 14.9 Å². The van der Waals surface area contributed by atoms with E-state index in [-0.39, 0.29) is 11.9 Å². The summed E-state index contributed by atoms with van der Waals surface area (Å²) in [5.74, 6) is 0.769. The third-order valence-corrected chi connectivity index (χ3v) is 5.28. The molecule has 152 valence electrons. The number of piperidine rings is 1. The molecule has 0 bridgehead atoms. The van der Waals surface area contributed by atoms with E-state index < -0.39 is 6.10 Å². The molecule has 1 amide bonds. The minimum absolute atomic E-state index is 0.0540. The third-order valence-electron chi connectivity index (χ3n) is 5.28. The number of aliphatic hydroxyl groups excluding tert-OH is 1. The number of rotatable bonds is 7. The Balaban J connectivity index is 1.44. The van der Waals surface area contributed by atoms with Gasteiger partial charge in [0.15, 0.2) is 0 Å². The van der Waals surface area contributed by atoms with Gasteiger partial charge in [-0.25, -0.2) is 0 Å². The van der Waals surface area contributed by atoms with Gasteiger partial charge in [-0.3, -0.25) is 14.6 Å². The van der Waals surface area contributed by atoms with Gasteiger partial charge in [0.1, 0.15) is 5.76 Å². The fourth-order valence-corrected chi connectivity index (χ4v) is 3.71. The van der Waals surface area contributed by atoms with Crippen LogP contribution in [-0.4, -0.2) is 64.8 Å². The van der Waals surface area contributed by atoms with Crippen molar-refractivity contribution in [2.45, 2.75) is 45.5 Å². The van der Waals surface area contributed by atoms with Crippen LogP contribution in [0.4, 0.5) is 0 Å². The average Bonchev–Trinajstić information content (AvgIpc) is 2.96. The number of aromatic nitrogens is 1. The van der Waals surface area contributed by atoms with E-state index in [1.807, 2.05) is 56.1 Å². The normalized spacial score (nSPS) is 20.5. The van der Waals surface area contributed by atoms with Crippen molar-refractivity contribution in [1.82, 2.24) is 20.3 Å². The number of hydrogen-bond donors (Lipinski definition) is 2. The number of likely N-dealkylation sites (N-methyl/N-ethyl adjacent to an activating group) is 1. The molecule has 0 aliphatic carbocycles. The van der Waals surface area contributed by atoms with Crippen LogP contribution in [0.3, 0.4) is 0 Å². The molecule has 2 aromatic rings. The summed E-state index contributed by atoms with van der Waals surface area (Å²) in [6.45, 7) is 6.90. The van der Waals surface area contributed by atoms with Gasteiger partial charge in [-0.15, -0.1) is 0 Å². The second-order valence-electron chi connectivity index (χ2n) is 7.73. The van der Waals surface area contributed by atoms with Crippen molar-refractivity contribution in [3.8, 4) is 0 Å². The Hall–Kier alpha value is -2.22. The van der Waals surface area contributed by atoms with Crippen LogP contribution in [0.25, 0.3) is 0 Å². The van der Waals surface area contributed by atoms with Crippen LogP contribution in [0, 0.1) is 13.8 Å². The highest BCUT2D eigenvalue weighted by atomic mass is 16.5. The molecule has 0 saturated carbocycles. The summed E-state index contributed by atoms with van der Waals surface area (Å²) >= 11 is 0. The number of likely N-dealkylation sites (tertiary alicyclic amines) is 1. The van der Waals surface area contributed by atoms with Gasteiger partial charge in [0, 0.05) is 31.7 Å². The van der Waals surface area contributed by atoms with Crippen molar-refractivity contribution >= 4 is 5.91 Å². The molecule has 28 heavy (non-hydrogen) atoms. The third kappa shape index (κ3) is 5.41. The van der Waals surface area contributed by atoms with Gasteiger partial charge in [-0.05, 0) is 32.9 Å². The summed E-state index contributed by atoms with van der Waals surface area (Å²) in [7, 11) is 1.93. The fourth-order valence-electron chi connectivity index (χ4n) is 3.71. The molecule has 0 spiro atoms. The largest absolute Gasteiger partial charge is 0.390 e. The standard InChI is InChI=1S/C21H30N4O3/c1-15-18(16(2)28-23-15)12-25-10-9-19(20(26)13-25)22-21(27)14-24(3)11-17-7-5-4-6-8-17/h4-8,19-20,26H,9-14H2,1-3H3,(H,22,27).